The van der Waals surface area contributed by atoms with E-state index in [9.17, 15) is 13.2 Å². The summed E-state index contributed by atoms with van der Waals surface area (Å²) in [5.41, 5.74) is 6.85. The van der Waals surface area contributed by atoms with Crippen LogP contribution in [-0.4, -0.2) is 46.1 Å². The summed E-state index contributed by atoms with van der Waals surface area (Å²) in [4.78, 5) is 11.7. The van der Waals surface area contributed by atoms with E-state index < -0.39 is 9.84 Å². The number of nitrogens with two attached hydrogens (primary N) is 1. The Morgan fingerprint density at radius 2 is 1.91 bits per heavy atom. The molecule has 0 fully saturated rings. The summed E-state index contributed by atoms with van der Waals surface area (Å²) in [5.74, 6) is -0.169. The standard InChI is InChI=1S/C14H22N2O4S.ClH/c1-21(18,19)10-9-20-8-7-16-14(17)11-13(15)12-5-3-2-4-6-12;/h2-6,13H,7-11,15H2,1H3,(H,16,17);1H. The fourth-order valence-corrected chi connectivity index (χ4v) is 2.09. The van der Waals surface area contributed by atoms with Crippen molar-refractivity contribution in [2.24, 2.45) is 5.73 Å². The molecular formula is C14H23ClN2O4S. The average molecular weight is 351 g/mol. The first-order valence-corrected chi connectivity index (χ1v) is 8.77. The first kappa shape index (κ1) is 20.9. The molecule has 0 heterocycles. The summed E-state index contributed by atoms with van der Waals surface area (Å²) in [5, 5.41) is 2.69. The van der Waals surface area contributed by atoms with Gasteiger partial charge in [-0.05, 0) is 5.56 Å². The molecule has 0 aliphatic rings. The zero-order chi connectivity index (χ0) is 15.7. The highest BCUT2D eigenvalue weighted by molar-refractivity contribution is 7.90. The van der Waals surface area contributed by atoms with Gasteiger partial charge in [0.2, 0.25) is 5.91 Å². The number of ether oxygens (including phenoxy) is 1. The van der Waals surface area contributed by atoms with Gasteiger partial charge >= 0.3 is 0 Å². The van der Waals surface area contributed by atoms with Crippen molar-refractivity contribution < 1.29 is 17.9 Å². The number of sulfone groups is 1. The summed E-state index contributed by atoms with van der Waals surface area (Å²) in [6.07, 6.45) is 1.36. The Kier molecular flexibility index (Phi) is 10.0. The smallest absolute Gasteiger partial charge is 0.221 e. The van der Waals surface area contributed by atoms with Crippen LogP contribution in [0.15, 0.2) is 30.3 Å². The predicted molar refractivity (Wildman–Crippen MR) is 88.8 cm³/mol. The van der Waals surface area contributed by atoms with Crippen LogP contribution in [0.1, 0.15) is 18.0 Å². The van der Waals surface area contributed by atoms with Gasteiger partial charge in [-0.3, -0.25) is 4.79 Å². The van der Waals surface area contributed by atoms with Crippen molar-refractivity contribution in [1.82, 2.24) is 5.32 Å². The number of carbonyl (C=O) groups excluding carboxylic acids is 1. The lowest BCUT2D eigenvalue weighted by Gasteiger charge is -2.12. The van der Waals surface area contributed by atoms with E-state index in [1.807, 2.05) is 30.3 Å². The molecule has 6 nitrogen and oxygen atoms in total. The van der Waals surface area contributed by atoms with Crippen LogP contribution >= 0.6 is 12.4 Å². The zero-order valence-electron chi connectivity index (χ0n) is 12.5. The lowest BCUT2D eigenvalue weighted by atomic mass is 10.0. The number of halogens is 1. The molecule has 0 saturated carbocycles. The van der Waals surface area contributed by atoms with E-state index in [2.05, 4.69) is 5.32 Å². The van der Waals surface area contributed by atoms with Gasteiger partial charge < -0.3 is 15.8 Å². The Hall–Kier alpha value is -1.15. The molecule has 3 N–H and O–H groups in total. The minimum atomic E-state index is -3.00. The van der Waals surface area contributed by atoms with Crippen LogP contribution in [0.4, 0.5) is 0 Å². The van der Waals surface area contributed by atoms with Crippen LogP contribution < -0.4 is 11.1 Å². The van der Waals surface area contributed by atoms with E-state index in [1.165, 1.54) is 0 Å². The van der Waals surface area contributed by atoms with Gasteiger partial charge in [-0.2, -0.15) is 0 Å². The molecule has 0 bridgehead atoms. The van der Waals surface area contributed by atoms with Crippen molar-refractivity contribution in [3.8, 4) is 0 Å². The Morgan fingerprint density at radius 3 is 2.50 bits per heavy atom. The normalized spacial score (nSPS) is 12.3. The Morgan fingerprint density at radius 1 is 1.27 bits per heavy atom. The number of carbonyl (C=O) groups is 1. The summed E-state index contributed by atoms with van der Waals surface area (Å²) in [6, 6.07) is 9.07. The Labute approximate surface area is 137 Å². The third-order valence-electron chi connectivity index (χ3n) is 2.80. The third kappa shape index (κ3) is 9.73. The highest BCUT2D eigenvalue weighted by atomic mass is 35.5. The van der Waals surface area contributed by atoms with Crippen LogP contribution in [0.3, 0.4) is 0 Å². The second-order valence-electron chi connectivity index (χ2n) is 4.81. The van der Waals surface area contributed by atoms with Crippen LogP contribution in [0.5, 0.6) is 0 Å². The van der Waals surface area contributed by atoms with Gasteiger partial charge in [-0.1, -0.05) is 30.3 Å². The first-order valence-electron chi connectivity index (χ1n) is 6.71. The van der Waals surface area contributed by atoms with Gasteiger partial charge in [-0.15, -0.1) is 12.4 Å². The number of nitrogens with one attached hydrogen (secondary N) is 1. The maximum absolute atomic E-state index is 11.7. The van der Waals surface area contributed by atoms with Crippen molar-refractivity contribution in [2.75, 3.05) is 31.8 Å². The van der Waals surface area contributed by atoms with E-state index in [-0.39, 0.29) is 49.7 Å². The molecule has 1 rings (SSSR count). The van der Waals surface area contributed by atoms with E-state index in [0.717, 1.165) is 11.8 Å². The average Bonchev–Trinajstić information content (AvgIpc) is 2.42. The molecule has 0 aliphatic heterocycles. The zero-order valence-corrected chi connectivity index (χ0v) is 14.2. The van der Waals surface area contributed by atoms with Crippen LogP contribution in [0.25, 0.3) is 0 Å². The van der Waals surface area contributed by atoms with Gasteiger partial charge in [0.25, 0.3) is 0 Å². The number of amides is 1. The first-order chi connectivity index (χ1) is 9.88. The van der Waals surface area contributed by atoms with Crippen molar-refractivity contribution in [3.05, 3.63) is 35.9 Å². The van der Waals surface area contributed by atoms with E-state index in [4.69, 9.17) is 10.5 Å². The lowest BCUT2D eigenvalue weighted by Crippen LogP contribution is -2.30. The molecule has 8 heteroatoms. The van der Waals surface area contributed by atoms with Gasteiger partial charge in [0.15, 0.2) is 0 Å². The molecule has 1 amide bonds. The molecule has 1 aromatic carbocycles. The topological polar surface area (TPSA) is 98.5 Å². The summed E-state index contributed by atoms with van der Waals surface area (Å²) in [7, 11) is -3.00. The molecule has 0 spiro atoms. The van der Waals surface area contributed by atoms with Gasteiger partial charge in [0.05, 0.1) is 19.0 Å². The van der Waals surface area contributed by atoms with Gasteiger partial charge in [0, 0.05) is 25.3 Å². The summed E-state index contributed by atoms with van der Waals surface area (Å²) in [6.45, 7) is 0.754. The lowest BCUT2D eigenvalue weighted by molar-refractivity contribution is -0.121. The molecule has 0 aromatic heterocycles. The maximum Gasteiger partial charge on any atom is 0.221 e. The molecule has 0 radical (unpaired) electrons. The Balaban J connectivity index is 0.00000441. The summed E-state index contributed by atoms with van der Waals surface area (Å²) < 4.78 is 26.9. The molecular weight excluding hydrogens is 328 g/mol. The SMILES string of the molecule is CS(=O)(=O)CCOCCNC(=O)CC(N)c1ccccc1.Cl. The number of hydrogen-bond donors (Lipinski definition) is 2. The van der Waals surface area contributed by atoms with Gasteiger partial charge in [-0.25, -0.2) is 8.42 Å². The van der Waals surface area contributed by atoms with E-state index in [1.54, 1.807) is 0 Å². The molecule has 1 unspecified atom stereocenters. The number of hydrogen-bond acceptors (Lipinski definition) is 5. The summed E-state index contributed by atoms with van der Waals surface area (Å²) >= 11 is 0. The van der Waals surface area contributed by atoms with Crippen molar-refractivity contribution in [2.45, 2.75) is 12.5 Å². The van der Waals surface area contributed by atoms with Crippen molar-refractivity contribution >= 4 is 28.2 Å². The van der Waals surface area contributed by atoms with Crippen molar-refractivity contribution in [3.63, 3.8) is 0 Å². The third-order valence-corrected chi connectivity index (χ3v) is 3.71. The van der Waals surface area contributed by atoms with Crippen molar-refractivity contribution in [1.29, 1.82) is 0 Å². The van der Waals surface area contributed by atoms with Crippen LogP contribution in [0.2, 0.25) is 0 Å². The quantitative estimate of drug-likeness (QED) is 0.638. The molecule has 1 aromatic rings. The molecule has 126 valence electrons. The minimum Gasteiger partial charge on any atom is -0.379 e. The number of rotatable bonds is 9. The largest absolute Gasteiger partial charge is 0.379 e. The van der Waals surface area contributed by atoms with E-state index in [0.29, 0.717) is 6.54 Å². The molecule has 0 aliphatic carbocycles. The minimum absolute atomic E-state index is 0. The fourth-order valence-electron chi connectivity index (χ4n) is 1.66. The van der Waals surface area contributed by atoms with Crippen LogP contribution in [0, 0.1) is 0 Å². The maximum atomic E-state index is 11.7. The monoisotopic (exact) mass is 350 g/mol. The highest BCUT2D eigenvalue weighted by Gasteiger charge is 2.10. The molecule has 1 atom stereocenters. The fraction of sp³-hybridized carbons (Fsp3) is 0.500. The van der Waals surface area contributed by atoms with Gasteiger partial charge in [0.1, 0.15) is 9.84 Å². The van der Waals surface area contributed by atoms with Crippen LogP contribution in [-0.2, 0) is 19.4 Å². The van der Waals surface area contributed by atoms with E-state index >= 15 is 0 Å². The second kappa shape index (κ2) is 10.6. The Bertz CT molecular complexity index is 537. The second-order valence-corrected chi connectivity index (χ2v) is 7.07. The highest BCUT2D eigenvalue weighted by Crippen LogP contribution is 2.12. The number of benzene rings is 1. The molecule has 0 saturated heterocycles. The molecule has 22 heavy (non-hydrogen) atoms. The predicted octanol–water partition coefficient (Wildman–Crippen LogP) is 0.676.